The summed E-state index contributed by atoms with van der Waals surface area (Å²) in [6, 6.07) is 7.65. The van der Waals surface area contributed by atoms with Crippen molar-refractivity contribution in [3.05, 3.63) is 29.8 Å². The first-order valence-electron chi connectivity index (χ1n) is 8.12. The van der Waals surface area contributed by atoms with Crippen LogP contribution in [0.4, 0.5) is 0 Å². The van der Waals surface area contributed by atoms with Gasteiger partial charge in [-0.2, -0.15) is 0 Å². The number of rotatable bonds is 7. The summed E-state index contributed by atoms with van der Waals surface area (Å²) in [5.41, 5.74) is 0.983. The van der Waals surface area contributed by atoms with Gasteiger partial charge in [0.2, 0.25) is 5.91 Å². The summed E-state index contributed by atoms with van der Waals surface area (Å²) in [5, 5.41) is 12.0. The molecular formula is C17H27N3O3. The Morgan fingerprint density at radius 2 is 1.91 bits per heavy atom. The van der Waals surface area contributed by atoms with Crippen LogP contribution in [0, 0.1) is 0 Å². The SMILES string of the molecule is COc1ccccc1C(C)NC(=O)CN1CCN(CCO)CC1. The zero-order valence-corrected chi connectivity index (χ0v) is 14.0. The molecule has 1 aliphatic heterocycles. The molecule has 0 aromatic heterocycles. The number of amides is 1. The highest BCUT2D eigenvalue weighted by atomic mass is 16.5. The molecule has 1 saturated heterocycles. The van der Waals surface area contributed by atoms with E-state index in [-0.39, 0.29) is 18.6 Å². The highest BCUT2D eigenvalue weighted by Crippen LogP contribution is 2.24. The van der Waals surface area contributed by atoms with Gasteiger partial charge in [0.25, 0.3) is 0 Å². The highest BCUT2D eigenvalue weighted by molar-refractivity contribution is 5.78. The minimum absolute atomic E-state index is 0.0269. The topological polar surface area (TPSA) is 65.0 Å². The second-order valence-corrected chi connectivity index (χ2v) is 5.87. The predicted octanol–water partition coefficient (Wildman–Crippen LogP) is 0.482. The van der Waals surface area contributed by atoms with Crippen LogP contribution in [0.15, 0.2) is 24.3 Å². The number of nitrogens with zero attached hydrogens (tertiary/aromatic N) is 2. The van der Waals surface area contributed by atoms with Gasteiger partial charge in [-0.25, -0.2) is 0 Å². The van der Waals surface area contributed by atoms with Gasteiger partial charge in [0.15, 0.2) is 0 Å². The quantitative estimate of drug-likeness (QED) is 0.765. The van der Waals surface area contributed by atoms with Gasteiger partial charge in [-0.3, -0.25) is 14.6 Å². The van der Waals surface area contributed by atoms with Crippen molar-refractivity contribution in [3.8, 4) is 5.75 Å². The smallest absolute Gasteiger partial charge is 0.234 e. The minimum atomic E-state index is -0.0886. The number of benzene rings is 1. The molecule has 0 bridgehead atoms. The van der Waals surface area contributed by atoms with Crippen molar-refractivity contribution < 1.29 is 14.6 Å². The molecule has 6 heteroatoms. The third-order valence-electron chi connectivity index (χ3n) is 4.23. The molecule has 0 saturated carbocycles. The summed E-state index contributed by atoms with van der Waals surface area (Å²) < 4.78 is 5.35. The maximum atomic E-state index is 12.3. The number of hydrogen-bond donors (Lipinski definition) is 2. The van der Waals surface area contributed by atoms with Crippen LogP contribution in [0.1, 0.15) is 18.5 Å². The molecule has 1 atom stereocenters. The fourth-order valence-electron chi connectivity index (χ4n) is 2.90. The summed E-state index contributed by atoms with van der Waals surface area (Å²) >= 11 is 0. The largest absolute Gasteiger partial charge is 0.496 e. The van der Waals surface area contributed by atoms with E-state index in [0.717, 1.165) is 37.5 Å². The number of aliphatic hydroxyl groups is 1. The second kappa shape index (κ2) is 8.86. The molecule has 0 aliphatic carbocycles. The number of hydrogen-bond acceptors (Lipinski definition) is 5. The summed E-state index contributed by atoms with van der Waals surface area (Å²) in [6.07, 6.45) is 0. The molecule has 128 valence electrons. The molecule has 1 aromatic carbocycles. The Bertz CT molecular complexity index is 502. The Morgan fingerprint density at radius 1 is 1.26 bits per heavy atom. The van der Waals surface area contributed by atoms with Crippen LogP contribution in [-0.2, 0) is 4.79 Å². The molecule has 1 heterocycles. The van der Waals surface area contributed by atoms with E-state index in [1.165, 1.54) is 0 Å². The van der Waals surface area contributed by atoms with Crippen molar-refractivity contribution in [2.75, 3.05) is 53.0 Å². The second-order valence-electron chi connectivity index (χ2n) is 5.87. The molecule has 1 aromatic rings. The Balaban J connectivity index is 1.81. The maximum absolute atomic E-state index is 12.3. The van der Waals surface area contributed by atoms with Gasteiger partial charge in [0.05, 0.1) is 26.3 Å². The maximum Gasteiger partial charge on any atom is 0.234 e. The molecule has 1 aliphatic rings. The van der Waals surface area contributed by atoms with E-state index < -0.39 is 0 Å². The number of aliphatic hydroxyl groups excluding tert-OH is 1. The lowest BCUT2D eigenvalue weighted by Gasteiger charge is -2.34. The standard InChI is InChI=1S/C17H27N3O3/c1-14(15-5-3-4-6-16(15)23-2)18-17(22)13-20-9-7-19(8-10-20)11-12-21/h3-6,14,21H,7-13H2,1-2H3,(H,18,22). The fourth-order valence-corrected chi connectivity index (χ4v) is 2.90. The van der Waals surface area contributed by atoms with Crippen molar-refractivity contribution in [1.82, 2.24) is 15.1 Å². The van der Waals surface area contributed by atoms with Crippen molar-refractivity contribution in [2.24, 2.45) is 0 Å². The van der Waals surface area contributed by atoms with E-state index >= 15 is 0 Å². The molecular weight excluding hydrogens is 294 g/mol. The first kappa shape index (κ1) is 17.7. The molecule has 1 unspecified atom stereocenters. The van der Waals surface area contributed by atoms with Gasteiger partial charge in [-0.05, 0) is 13.0 Å². The van der Waals surface area contributed by atoms with Crippen molar-refractivity contribution >= 4 is 5.91 Å². The lowest BCUT2D eigenvalue weighted by molar-refractivity contribution is -0.123. The number of carbonyl (C=O) groups is 1. The first-order valence-corrected chi connectivity index (χ1v) is 8.12. The molecule has 1 amide bonds. The zero-order valence-electron chi connectivity index (χ0n) is 14.0. The first-order chi connectivity index (χ1) is 11.1. The summed E-state index contributed by atoms with van der Waals surface area (Å²) in [6.45, 7) is 6.79. The van der Waals surface area contributed by atoms with Gasteiger partial charge in [-0.15, -0.1) is 0 Å². The third kappa shape index (κ3) is 5.20. The van der Waals surface area contributed by atoms with E-state index in [4.69, 9.17) is 9.84 Å². The molecule has 1 fully saturated rings. The van der Waals surface area contributed by atoms with Crippen LogP contribution < -0.4 is 10.1 Å². The van der Waals surface area contributed by atoms with E-state index in [0.29, 0.717) is 13.1 Å². The molecule has 0 spiro atoms. The normalized spacial score (nSPS) is 17.7. The molecule has 2 rings (SSSR count). The average Bonchev–Trinajstić information content (AvgIpc) is 2.56. The Labute approximate surface area is 138 Å². The Kier molecular flexibility index (Phi) is 6.83. The van der Waals surface area contributed by atoms with Crippen LogP contribution in [0.2, 0.25) is 0 Å². The van der Waals surface area contributed by atoms with Gasteiger partial charge in [0, 0.05) is 38.3 Å². The number of β-amino-alcohol motifs (C(OH)–C–C–N with tert-alkyl or cyclic N) is 1. The van der Waals surface area contributed by atoms with Gasteiger partial charge in [-0.1, -0.05) is 18.2 Å². The number of para-hydroxylation sites is 1. The average molecular weight is 321 g/mol. The van der Waals surface area contributed by atoms with Crippen LogP contribution >= 0.6 is 0 Å². The van der Waals surface area contributed by atoms with Gasteiger partial charge >= 0.3 is 0 Å². The highest BCUT2D eigenvalue weighted by Gasteiger charge is 2.20. The van der Waals surface area contributed by atoms with Crippen molar-refractivity contribution in [1.29, 1.82) is 0 Å². The fraction of sp³-hybridized carbons (Fsp3) is 0.588. The number of methoxy groups -OCH3 is 1. The number of piperazine rings is 1. The summed E-state index contributed by atoms with van der Waals surface area (Å²) in [4.78, 5) is 16.6. The molecule has 2 N–H and O–H groups in total. The van der Waals surface area contributed by atoms with Crippen molar-refractivity contribution in [2.45, 2.75) is 13.0 Å². The van der Waals surface area contributed by atoms with Gasteiger partial charge < -0.3 is 15.2 Å². The summed E-state index contributed by atoms with van der Waals surface area (Å²) in [7, 11) is 1.64. The van der Waals surface area contributed by atoms with Crippen molar-refractivity contribution in [3.63, 3.8) is 0 Å². The van der Waals surface area contributed by atoms with E-state index in [2.05, 4.69) is 15.1 Å². The van der Waals surface area contributed by atoms with E-state index in [1.807, 2.05) is 31.2 Å². The minimum Gasteiger partial charge on any atom is -0.496 e. The van der Waals surface area contributed by atoms with E-state index in [1.54, 1.807) is 7.11 Å². The monoisotopic (exact) mass is 321 g/mol. The van der Waals surface area contributed by atoms with Crippen LogP contribution in [-0.4, -0.2) is 73.8 Å². The lowest BCUT2D eigenvalue weighted by Crippen LogP contribution is -2.50. The van der Waals surface area contributed by atoms with Gasteiger partial charge in [0.1, 0.15) is 5.75 Å². The zero-order chi connectivity index (χ0) is 16.7. The Morgan fingerprint density at radius 3 is 2.57 bits per heavy atom. The van der Waals surface area contributed by atoms with Crippen LogP contribution in [0.3, 0.4) is 0 Å². The molecule has 0 radical (unpaired) electrons. The van der Waals surface area contributed by atoms with Crippen LogP contribution in [0.5, 0.6) is 5.75 Å². The predicted molar refractivity (Wildman–Crippen MR) is 89.5 cm³/mol. The third-order valence-corrected chi connectivity index (χ3v) is 4.23. The molecule has 6 nitrogen and oxygen atoms in total. The Hall–Kier alpha value is -1.63. The number of nitrogens with one attached hydrogen (secondary N) is 1. The molecule has 23 heavy (non-hydrogen) atoms. The lowest BCUT2D eigenvalue weighted by atomic mass is 10.1. The van der Waals surface area contributed by atoms with Crippen LogP contribution in [0.25, 0.3) is 0 Å². The van der Waals surface area contributed by atoms with E-state index in [9.17, 15) is 4.79 Å². The number of carbonyl (C=O) groups excluding carboxylic acids is 1. The number of ether oxygens (including phenoxy) is 1. The summed E-state index contributed by atoms with van der Waals surface area (Å²) in [5.74, 6) is 0.817.